The van der Waals surface area contributed by atoms with Crippen molar-refractivity contribution >= 4 is 38.7 Å². The molecule has 0 saturated carbocycles. The van der Waals surface area contributed by atoms with Gasteiger partial charge in [-0.2, -0.15) is 0 Å². The fraction of sp³-hybridized carbons (Fsp3) is 0.429. The summed E-state index contributed by atoms with van der Waals surface area (Å²) in [5.74, 6) is 0. The van der Waals surface area contributed by atoms with Crippen molar-refractivity contribution < 1.29 is 41.4 Å². The van der Waals surface area contributed by atoms with Gasteiger partial charge in [0.25, 0.3) is 0 Å². The maximum atomic E-state index is 2.60. The van der Waals surface area contributed by atoms with Crippen molar-refractivity contribution in [3.05, 3.63) is 69.8 Å². The SMILES string of the molecule is CC1=Cc2c(cccc2[Si](C)(C)C)[CH]1[Ti+2]1([CH]2C(C)=Cc3c2cccc3[Si](C)(C)C)[CH2][CH2]1.[Cl-].[Cl-]. The van der Waals surface area contributed by atoms with Crippen LogP contribution in [0.25, 0.3) is 12.2 Å². The van der Waals surface area contributed by atoms with Gasteiger partial charge in [-0.3, -0.25) is 0 Å². The van der Waals surface area contributed by atoms with Gasteiger partial charge in [0, 0.05) is 0 Å². The number of rotatable bonds is 4. The third-order valence-electron chi connectivity index (χ3n) is 8.15. The zero-order chi connectivity index (χ0) is 22.3. The van der Waals surface area contributed by atoms with E-state index in [2.05, 4.69) is 102 Å². The van der Waals surface area contributed by atoms with Gasteiger partial charge in [0.05, 0.1) is 0 Å². The average Bonchev–Trinajstić information content (AvgIpc) is 3.23. The summed E-state index contributed by atoms with van der Waals surface area (Å²) in [6.45, 7) is 19.9. The summed E-state index contributed by atoms with van der Waals surface area (Å²) < 4.78 is 4.61. The van der Waals surface area contributed by atoms with E-state index in [0.717, 1.165) is 8.45 Å². The molecule has 5 heteroatoms. The molecule has 0 aromatic heterocycles. The van der Waals surface area contributed by atoms with E-state index >= 15 is 0 Å². The van der Waals surface area contributed by atoms with Crippen molar-refractivity contribution in [3.8, 4) is 0 Å². The fourth-order valence-electron chi connectivity index (χ4n) is 6.83. The van der Waals surface area contributed by atoms with Crippen molar-refractivity contribution in [1.29, 1.82) is 0 Å². The molecule has 2 aliphatic carbocycles. The quantitative estimate of drug-likeness (QED) is 0.507. The number of hydrogen-bond donors (Lipinski definition) is 0. The Balaban J connectivity index is 0.00000153. The van der Waals surface area contributed by atoms with Gasteiger partial charge in [0.1, 0.15) is 0 Å². The molecule has 2 unspecified atom stereocenters. The van der Waals surface area contributed by atoms with Crippen molar-refractivity contribution in [1.82, 2.24) is 0 Å². The molecule has 5 rings (SSSR count). The molecule has 1 saturated heterocycles. The van der Waals surface area contributed by atoms with Gasteiger partial charge in [0.15, 0.2) is 0 Å². The molecule has 0 radical (unpaired) electrons. The van der Waals surface area contributed by atoms with Crippen molar-refractivity contribution in [3.63, 3.8) is 0 Å². The van der Waals surface area contributed by atoms with Crippen LogP contribution in [0.15, 0.2) is 47.5 Å². The Morgan fingerprint density at radius 2 is 1.00 bits per heavy atom. The maximum Gasteiger partial charge on any atom is -1.00 e. The molecule has 33 heavy (non-hydrogen) atoms. The summed E-state index contributed by atoms with van der Waals surface area (Å²) in [6, 6.07) is 14.6. The molecule has 2 atom stereocenters. The van der Waals surface area contributed by atoms with Gasteiger partial charge in [-0.25, -0.2) is 0 Å². The molecular weight excluding hydrogens is 511 g/mol. The Morgan fingerprint density at radius 1 is 0.636 bits per heavy atom. The molecule has 0 nitrogen and oxygen atoms in total. The van der Waals surface area contributed by atoms with Crippen LogP contribution in [0.2, 0.25) is 48.7 Å². The molecule has 176 valence electrons. The Labute approximate surface area is 219 Å². The summed E-state index contributed by atoms with van der Waals surface area (Å²) in [7, 11) is -2.70. The molecule has 3 aliphatic rings. The van der Waals surface area contributed by atoms with Crippen LogP contribution in [0.3, 0.4) is 0 Å². The first-order valence-electron chi connectivity index (χ1n) is 12.1. The minimum Gasteiger partial charge on any atom is -1.00 e. The van der Waals surface area contributed by atoms with Gasteiger partial charge >= 0.3 is 196 Å². The molecule has 2 aromatic carbocycles. The van der Waals surface area contributed by atoms with Crippen LogP contribution in [-0.4, -0.2) is 16.1 Å². The molecule has 0 amide bonds. The standard InChI is InChI=1S/2C13H17Si.C2H4.2ClH.Ti/c2*1-10-8-11-6-5-7-13(12(11)9-10)14(2,3)4;1-2;;;/h2*5-9H,1-4H3;1-2H2;2*1H;/q;;;;;+2/p-2. The van der Waals surface area contributed by atoms with Crippen molar-refractivity contribution in [2.45, 2.75) is 71.0 Å². The Kier molecular flexibility index (Phi) is 7.38. The van der Waals surface area contributed by atoms with Gasteiger partial charge in [-0.15, -0.1) is 0 Å². The second kappa shape index (κ2) is 8.95. The average molecular weight is 550 g/mol. The first-order chi connectivity index (χ1) is 14.4. The number of benzene rings is 2. The summed E-state index contributed by atoms with van der Waals surface area (Å²) in [6.07, 6.45) is 5.21. The third kappa shape index (κ3) is 4.28. The van der Waals surface area contributed by atoms with E-state index in [1.54, 1.807) is 53.2 Å². The monoisotopic (exact) mass is 548 g/mol. The maximum absolute atomic E-state index is 2.60. The zero-order valence-electron chi connectivity index (χ0n) is 21.4. The summed E-state index contributed by atoms with van der Waals surface area (Å²) in [4.78, 5) is 0. The number of hydrogen-bond acceptors (Lipinski definition) is 0. The summed E-state index contributed by atoms with van der Waals surface area (Å²) in [5.41, 5.74) is 10.0. The fourth-order valence-corrected chi connectivity index (χ4v) is 20.5. The van der Waals surface area contributed by atoms with Crippen LogP contribution in [-0.2, 0) is 16.6 Å². The van der Waals surface area contributed by atoms with Gasteiger partial charge in [-0.05, 0) is 0 Å². The van der Waals surface area contributed by atoms with Crippen LogP contribution >= 0.6 is 0 Å². The van der Waals surface area contributed by atoms with Gasteiger partial charge < -0.3 is 24.8 Å². The van der Waals surface area contributed by atoms with Crippen LogP contribution in [0.5, 0.6) is 0 Å². The largest absolute Gasteiger partial charge is 1.00 e. The summed E-state index contributed by atoms with van der Waals surface area (Å²) >= 11 is -2.13. The summed E-state index contributed by atoms with van der Waals surface area (Å²) in [5, 5.41) is 3.34. The topological polar surface area (TPSA) is 0 Å². The smallest absolute Gasteiger partial charge is 1.00 e. The molecule has 0 bridgehead atoms. The van der Waals surface area contributed by atoms with Crippen LogP contribution in [0.4, 0.5) is 0 Å². The van der Waals surface area contributed by atoms with E-state index in [9.17, 15) is 0 Å². The predicted molar refractivity (Wildman–Crippen MR) is 141 cm³/mol. The molecular formula is C28H38Cl2Si2Ti. The van der Waals surface area contributed by atoms with E-state index in [1.165, 1.54) is 0 Å². The first-order valence-corrected chi connectivity index (χ1v) is 23.1. The predicted octanol–water partition coefficient (Wildman–Crippen LogP) is 1.41. The van der Waals surface area contributed by atoms with E-state index in [-0.39, 0.29) is 24.8 Å². The number of allylic oxidation sites excluding steroid dienone is 2. The van der Waals surface area contributed by atoms with Crippen LogP contribution < -0.4 is 35.2 Å². The molecule has 0 spiro atoms. The first kappa shape index (κ1) is 27.2. The molecule has 2 aromatic rings. The van der Waals surface area contributed by atoms with E-state index in [0.29, 0.717) is 0 Å². The number of halogens is 2. The Bertz CT molecular complexity index is 1060. The van der Waals surface area contributed by atoms with E-state index in [4.69, 9.17) is 0 Å². The number of fused-ring (bicyclic) bond motifs is 2. The second-order valence-corrected chi connectivity index (χ2v) is 29.8. The molecule has 1 heterocycles. The van der Waals surface area contributed by atoms with Crippen LogP contribution in [0.1, 0.15) is 44.5 Å². The molecule has 0 N–H and O–H groups in total. The van der Waals surface area contributed by atoms with Gasteiger partial charge in [0.2, 0.25) is 0 Å². The Morgan fingerprint density at radius 3 is 1.30 bits per heavy atom. The molecule has 1 aliphatic heterocycles. The molecule has 1 fully saturated rings. The van der Waals surface area contributed by atoms with Crippen LogP contribution in [0, 0.1) is 0 Å². The minimum atomic E-state index is -2.13. The van der Waals surface area contributed by atoms with E-state index in [1.807, 2.05) is 0 Å². The second-order valence-electron chi connectivity index (χ2n) is 12.5. The van der Waals surface area contributed by atoms with Crippen molar-refractivity contribution in [2.75, 3.05) is 0 Å². The van der Waals surface area contributed by atoms with E-state index < -0.39 is 32.7 Å². The van der Waals surface area contributed by atoms with Gasteiger partial charge in [-0.1, -0.05) is 0 Å². The zero-order valence-corrected chi connectivity index (χ0v) is 26.5. The third-order valence-corrected chi connectivity index (χ3v) is 20.8. The minimum absolute atomic E-state index is 0. The Hall–Kier alpha value is -0.352. The normalized spacial score (nSPS) is 21.5. The van der Waals surface area contributed by atoms with Crippen molar-refractivity contribution in [2.24, 2.45) is 0 Å².